The molecule has 0 N–H and O–H groups in total. The SMILES string of the molecule is C=C(C)/C=C(\C=C(C)C)c1cnn(C)c1. The molecule has 0 spiro atoms. The van der Waals surface area contributed by atoms with Crippen LogP contribution in [-0.2, 0) is 7.05 Å². The zero-order chi connectivity index (χ0) is 11.4. The molecule has 0 aromatic carbocycles. The summed E-state index contributed by atoms with van der Waals surface area (Å²) in [6.45, 7) is 10.1. The molecule has 80 valence electrons. The second kappa shape index (κ2) is 4.78. The van der Waals surface area contributed by atoms with Crippen LogP contribution in [0.25, 0.3) is 5.57 Å². The molecule has 0 saturated heterocycles. The van der Waals surface area contributed by atoms with Gasteiger partial charge in [-0.1, -0.05) is 29.9 Å². The van der Waals surface area contributed by atoms with Gasteiger partial charge in [-0.25, -0.2) is 0 Å². The van der Waals surface area contributed by atoms with Gasteiger partial charge in [-0.3, -0.25) is 4.68 Å². The van der Waals surface area contributed by atoms with Crippen molar-refractivity contribution in [2.75, 3.05) is 0 Å². The van der Waals surface area contributed by atoms with E-state index >= 15 is 0 Å². The van der Waals surface area contributed by atoms with Gasteiger partial charge in [0.2, 0.25) is 0 Å². The molecule has 0 unspecified atom stereocenters. The average Bonchev–Trinajstić information content (AvgIpc) is 2.48. The molecular weight excluding hydrogens is 184 g/mol. The summed E-state index contributed by atoms with van der Waals surface area (Å²) in [6.07, 6.45) is 8.10. The van der Waals surface area contributed by atoms with Crippen molar-refractivity contribution >= 4 is 5.57 Å². The molecule has 1 aromatic heterocycles. The van der Waals surface area contributed by atoms with Crippen molar-refractivity contribution in [2.24, 2.45) is 7.05 Å². The van der Waals surface area contributed by atoms with Crippen LogP contribution < -0.4 is 0 Å². The summed E-state index contributed by atoms with van der Waals surface area (Å²) in [5, 5.41) is 4.17. The van der Waals surface area contributed by atoms with Crippen molar-refractivity contribution in [3.8, 4) is 0 Å². The molecule has 0 amide bonds. The minimum absolute atomic E-state index is 1.05. The van der Waals surface area contributed by atoms with Gasteiger partial charge < -0.3 is 0 Å². The lowest BCUT2D eigenvalue weighted by atomic mass is 10.1. The first-order valence-corrected chi connectivity index (χ1v) is 5.00. The fourth-order valence-electron chi connectivity index (χ4n) is 1.36. The minimum atomic E-state index is 1.05. The quantitative estimate of drug-likeness (QED) is 0.687. The molecule has 0 saturated carbocycles. The second-order valence-corrected chi connectivity index (χ2v) is 4.07. The lowest BCUT2D eigenvalue weighted by Gasteiger charge is -2.00. The van der Waals surface area contributed by atoms with Gasteiger partial charge in [-0.15, -0.1) is 0 Å². The van der Waals surface area contributed by atoms with E-state index in [0.29, 0.717) is 0 Å². The fourth-order valence-corrected chi connectivity index (χ4v) is 1.36. The van der Waals surface area contributed by atoms with Gasteiger partial charge in [0.05, 0.1) is 6.20 Å². The van der Waals surface area contributed by atoms with E-state index in [1.165, 1.54) is 5.57 Å². The lowest BCUT2D eigenvalue weighted by molar-refractivity contribution is 0.767. The normalized spacial score (nSPS) is 11.3. The third-order valence-electron chi connectivity index (χ3n) is 1.88. The van der Waals surface area contributed by atoms with Crippen LogP contribution in [0, 0.1) is 0 Å². The van der Waals surface area contributed by atoms with E-state index < -0.39 is 0 Å². The van der Waals surface area contributed by atoms with Gasteiger partial charge in [-0.2, -0.15) is 5.10 Å². The van der Waals surface area contributed by atoms with Gasteiger partial charge in [0.1, 0.15) is 0 Å². The third kappa shape index (κ3) is 3.58. The van der Waals surface area contributed by atoms with Crippen molar-refractivity contribution in [3.63, 3.8) is 0 Å². The van der Waals surface area contributed by atoms with Gasteiger partial charge in [0, 0.05) is 18.8 Å². The van der Waals surface area contributed by atoms with Crippen molar-refractivity contribution < 1.29 is 0 Å². The predicted molar refractivity (Wildman–Crippen MR) is 65.4 cm³/mol. The number of aromatic nitrogens is 2. The summed E-state index contributed by atoms with van der Waals surface area (Å²) in [5.74, 6) is 0. The van der Waals surface area contributed by atoms with Crippen LogP contribution in [0.15, 0.2) is 42.3 Å². The number of hydrogen-bond donors (Lipinski definition) is 0. The first kappa shape index (κ1) is 11.5. The average molecular weight is 202 g/mol. The number of allylic oxidation sites excluding steroid dienone is 5. The van der Waals surface area contributed by atoms with E-state index in [1.807, 2.05) is 26.4 Å². The standard InChI is InChI=1S/C13H18N2/c1-10(2)6-12(7-11(3)4)13-8-14-15(5)9-13/h6-9H,1H2,2-5H3/b12-6+. The molecule has 1 rings (SSSR count). The highest BCUT2D eigenvalue weighted by molar-refractivity contribution is 5.75. The first-order valence-electron chi connectivity index (χ1n) is 5.00. The highest BCUT2D eigenvalue weighted by Gasteiger charge is 2.01. The van der Waals surface area contributed by atoms with Crippen molar-refractivity contribution in [2.45, 2.75) is 20.8 Å². The van der Waals surface area contributed by atoms with Crippen LogP contribution in [0.4, 0.5) is 0 Å². The number of aryl methyl sites for hydroxylation is 1. The number of rotatable bonds is 3. The molecule has 0 aliphatic heterocycles. The Bertz CT molecular complexity index is 415. The Balaban J connectivity index is 3.13. The zero-order valence-electron chi connectivity index (χ0n) is 9.91. The molecule has 15 heavy (non-hydrogen) atoms. The van der Waals surface area contributed by atoms with E-state index in [2.05, 4.69) is 37.7 Å². The van der Waals surface area contributed by atoms with E-state index in [4.69, 9.17) is 0 Å². The van der Waals surface area contributed by atoms with E-state index in [9.17, 15) is 0 Å². The van der Waals surface area contributed by atoms with E-state index in [1.54, 1.807) is 4.68 Å². The zero-order valence-corrected chi connectivity index (χ0v) is 9.91. The van der Waals surface area contributed by atoms with Crippen LogP contribution in [-0.4, -0.2) is 9.78 Å². The molecule has 0 aliphatic rings. The smallest absolute Gasteiger partial charge is 0.0568 e. The van der Waals surface area contributed by atoms with E-state index in [0.717, 1.165) is 16.7 Å². The summed E-state index contributed by atoms with van der Waals surface area (Å²) >= 11 is 0. The van der Waals surface area contributed by atoms with Gasteiger partial charge >= 0.3 is 0 Å². The molecule has 0 radical (unpaired) electrons. The Morgan fingerprint density at radius 1 is 1.33 bits per heavy atom. The van der Waals surface area contributed by atoms with Crippen LogP contribution in [0.1, 0.15) is 26.3 Å². The Labute approximate surface area is 91.6 Å². The maximum Gasteiger partial charge on any atom is 0.0568 e. The van der Waals surface area contributed by atoms with Gasteiger partial charge in [0.25, 0.3) is 0 Å². The molecule has 0 aliphatic carbocycles. The molecule has 1 heterocycles. The highest BCUT2D eigenvalue weighted by Crippen LogP contribution is 2.18. The van der Waals surface area contributed by atoms with E-state index in [-0.39, 0.29) is 0 Å². The Hall–Kier alpha value is -1.57. The molecule has 1 aromatic rings. The second-order valence-electron chi connectivity index (χ2n) is 4.07. The summed E-state index contributed by atoms with van der Waals surface area (Å²) in [6, 6.07) is 0. The van der Waals surface area contributed by atoms with Crippen LogP contribution >= 0.6 is 0 Å². The molecular formula is C13H18N2. The molecule has 0 bridgehead atoms. The summed E-state index contributed by atoms with van der Waals surface area (Å²) in [7, 11) is 1.92. The van der Waals surface area contributed by atoms with Crippen LogP contribution in [0.2, 0.25) is 0 Å². The van der Waals surface area contributed by atoms with Crippen molar-refractivity contribution in [1.29, 1.82) is 0 Å². The van der Waals surface area contributed by atoms with Crippen molar-refractivity contribution in [1.82, 2.24) is 9.78 Å². The fraction of sp³-hybridized carbons (Fsp3) is 0.308. The van der Waals surface area contributed by atoms with Crippen LogP contribution in [0.5, 0.6) is 0 Å². The maximum atomic E-state index is 4.17. The number of nitrogens with zero attached hydrogens (tertiary/aromatic N) is 2. The van der Waals surface area contributed by atoms with Crippen molar-refractivity contribution in [3.05, 3.63) is 47.8 Å². The first-order chi connectivity index (χ1) is 6.99. The molecule has 2 nitrogen and oxygen atoms in total. The Kier molecular flexibility index (Phi) is 3.67. The highest BCUT2D eigenvalue weighted by atomic mass is 15.2. The summed E-state index contributed by atoms with van der Waals surface area (Å²) < 4.78 is 1.81. The molecule has 0 fully saturated rings. The Morgan fingerprint density at radius 2 is 2.00 bits per heavy atom. The number of hydrogen-bond acceptors (Lipinski definition) is 1. The predicted octanol–water partition coefficient (Wildman–Crippen LogP) is 3.35. The molecule has 2 heteroatoms. The van der Waals surface area contributed by atoms with Crippen LogP contribution in [0.3, 0.4) is 0 Å². The summed E-state index contributed by atoms with van der Waals surface area (Å²) in [5.41, 5.74) is 4.61. The topological polar surface area (TPSA) is 17.8 Å². The molecule has 0 atom stereocenters. The largest absolute Gasteiger partial charge is 0.275 e. The van der Waals surface area contributed by atoms with Gasteiger partial charge in [0.15, 0.2) is 0 Å². The minimum Gasteiger partial charge on any atom is -0.275 e. The van der Waals surface area contributed by atoms with Gasteiger partial charge in [-0.05, 0) is 26.3 Å². The third-order valence-corrected chi connectivity index (χ3v) is 1.88. The lowest BCUT2D eigenvalue weighted by Crippen LogP contribution is -1.85. The maximum absolute atomic E-state index is 4.17. The Morgan fingerprint density at radius 3 is 2.40 bits per heavy atom. The monoisotopic (exact) mass is 202 g/mol. The summed E-state index contributed by atoms with van der Waals surface area (Å²) in [4.78, 5) is 0.